The second-order valence-corrected chi connectivity index (χ2v) is 7.32. The molecule has 0 saturated heterocycles. The normalized spacial score (nSPS) is 13.0. The quantitative estimate of drug-likeness (QED) is 0.613. The van der Waals surface area contributed by atoms with E-state index in [-0.39, 0.29) is 11.5 Å². The number of rotatable bonds is 7. The van der Waals surface area contributed by atoms with Crippen LogP contribution < -0.4 is 10.1 Å². The van der Waals surface area contributed by atoms with Crippen molar-refractivity contribution >= 4 is 17.6 Å². The van der Waals surface area contributed by atoms with Crippen molar-refractivity contribution in [2.24, 2.45) is 5.92 Å². The number of amides is 1. The largest absolute Gasteiger partial charge is 0.493 e. The third kappa shape index (κ3) is 4.63. The van der Waals surface area contributed by atoms with E-state index in [1.165, 1.54) is 25.1 Å². The van der Waals surface area contributed by atoms with Crippen molar-refractivity contribution in [3.05, 3.63) is 71.7 Å². The topological polar surface area (TPSA) is 101 Å². The minimum Gasteiger partial charge on any atom is -0.493 e. The fraction of sp³-hybridized carbons (Fsp3) is 0.217. The zero-order valence-corrected chi connectivity index (χ0v) is 16.5. The van der Waals surface area contributed by atoms with Crippen LogP contribution in [0.15, 0.2) is 54.9 Å². The average Bonchev–Trinajstić information content (AvgIpc) is 3.58. The summed E-state index contributed by atoms with van der Waals surface area (Å²) in [6.45, 7) is 2.37. The monoisotopic (exact) mass is 403 g/mol. The lowest BCUT2D eigenvalue weighted by Crippen LogP contribution is -2.12. The van der Waals surface area contributed by atoms with Crippen molar-refractivity contribution in [2.45, 2.75) is 19.8 Å². The number of carbonyl (C=O) groups excluding carboxylic acids is 1. The standard InChI is InChI=1S/C23H21N3O4/c1-14-20(23(28)29)10-17(12-25-14)21-11-16(8-9-24-21)22(27)26-18-4-6-19(7-5-18)30-13-15-2-3-15/h4-12,15H,2-3,13H2,1H3,(H,26,27)(H,28,29). The molecule has 7 heteroatoms. The molecule has 1 aliphatic rings. The second kappa shape index (κ2) is 8.32. The molecule has 2 aromatic heterocycles. The summed E-state index contributed by atoms with van der Waals surface area (Å²) in [6.07, 6.45) is 5.53. The van der Waals surface area contributed by atoms with Gasteiger partial charge in [-0.2, -0.15) is 0 Å². The van der Waals surface area contributed by atoms with Crippen LogP contribution >= 0.6 is 0 Å². The summed E-state index contributed by atoms with van der Waals surface area (Å²) < 4.78 is 5.71. The maximum absolute atomic E-state index is 12.7. The van der Waals surface area contributed by atoms with Gasteiger partial charge in [0.25, 0.3) is 5.91 Å². The summed E-state index contributed by atoms with van der Waals surface area (Å²) in [5.41, 5.74) is 2.60. The van der Waals surface area contributed by atoms with Crippen LogP contribution in [-0.4, -0.2) is 33.6 Å². The number of nitrogens with one attached hydrogen (secondary N) is 1. The number of aromatic carboxylic acids is 1. The van der Waals surface area contributed by atoms with Gasteiger partial charge in [0.2, 0.25) is 0 Å². The van der Waals surface area contributed by atoms with Crippen molar-refractivity contribution in [3.8, 4) is 17.0 Å². The van der Waals surface area contributed by atoms with Crippen molar-refractivity contribution in [1.82, 2.24) is 9.97 Å². The van der Waals surface area contributed by atoms with E-state index in [2.05, 4.69) is 15.3 Å². The van der Waals surface area contributed by atoms with Gasteiger partial charge in [-0.05, 0) is 68.1 Å². The fourth-order valence-corrected chi connectivity index (χ4v) is 2.96. The molecule has 7 nitrogen and oxygen atoms in total. The van der Waals surface area contributed by atoms with E-state index in [9.17, 15) is 14.7 Å². The van der Waals surface area contributed by atoms with E-state index in [0.717, 1.165) is 12.4 Å². The number of carboxylic acid groups (broad SMARTS) is 1. The first-order valence-electron chi connectivity index (χ1n) is 9.70. The SMILES string of the molecule is Cc1ncc(-c2cc(C(=O)Nc3ccc(OCC4CC4)cc3)ccn2)cc1C(=O)O. The molecule has 1 aromatic carbocycles. The number of ether oxygens (including phenoxy) is 1. The molecule has 4 rings (SSSR count). The number of carboxylic acids is 1. The highest BCUT2D eigenvalue weighted by atomic mass is 16.5. The summed E-state index contributed by atoms with van der Waals surface area (Å²) in [5, 5.41) is 12.1. The maximum atomic E-state index is 12.7. The average molecular weight is 403 g/mol. The van der Waals surface area contributed by atoms with Gasteiger partial charge in [-0.25, -0.2) is 4.79 Å². The number of aromatic nitrogens is 2. The maximum Gasteiger partial charge on any atom is 0.337 e. The summed E-state index contributed by atoms with van der Waals surface area (Å²) >= 11 is 0. The third-order valence-corrected chi connectivity index (χ3v) is 4.93. The second-order valence-electron chi connectivity index (χ2n) is 7.32. The Morgan fingerprint density at radius 2 is 1.90 bits per heavy atom. The molecule has 0 radical (unpaired) electrons. The molecule has 0 bridgehead atoms. The molecule has 152 valence electrons. The predicted octanol–water partition coefficient (Wildman–Crippen LogP) is 4.19. The Balaban J connectivity index is 1.47. The van der Waals surface area contributed by atoms with Gasteiger partial charge in [-0.1, -0.05) is 0 Å². The number of nitrogens with zero attached hydrogens (tertiary/aromatic N) is 2. The molecule has 2 N–H and O–H groups in total. The number of anilines is 1. The van der Waals surface area contributed by atoms with Gasteiger partial charge in [0.15, 0.2) is 0 Å². The molecule has 30 heavy (non-hydrogen) atoms. The van der Waals surface area contributed by atoms with Gasteiger partial charge in [0.05, 0.1) is 23.6 Å². The van der Waals surface area contributed by atoms with Gasteiger partial charge < -0.3 is 15.2 Å². The lowest BCUT2D eigenvalue weighted by molar-refractivity contribution is 0.0695. The summed E-state index contributed by atoms with van der Waals surface area (Å²) in [6, 6.07) is 12.0. The molecule has 1 fully saturated rings. The number of hydrogen-bond donors (Lipinski definition) is 2. The predicted molar refractivity (Wildman–Crippen MR) is 112 cm³/mol. The Morgan fingerprint density at radius 3 is 2.60 bits per heavy atom. The van der Waals surface area contributed by atoms with E-state index >= 15 is 0 Å². The minimum atomic E-state index is -1.06. The summed E-state index contributed by atoms with van der Waals surface area (Å²) in [4.78, 5) is 32.4. The van der Waals surface area contributed by atoms with Crippen LogP contribution in [0.3, 0.4) is 0 Å². The van der Waals surface area contributed by atoms with E-state index in [1.807, 2.05) is 12.1 Å². The Bertz CT molecular complexity index is 1090. The number of hydrogen-bond acceptors (Lipinski definition) is 5. The van der Waals surface area contributed by atoms with Crippen molar-refractivity contribution in [2.75, 3.05) is 11.9 Å². The number of benzene rings is 1. The van der Waals surface area contributed by atoms with Crippen LogP contribution in [0.25, 0.3) is 11.3 Å². The molecule has 2 heterocycles. The molecule has 1 aliphatic carbocycles. The molecule has 3 aromatic rings. The Labute approximate surface area is 173 Å². The Hall–Kier alpha value is -3.74. The molecule has 0 unspecified atom stereocenters. The summed E-state index contributed by atoms with van der Waals surface area (Å²) in [5.74, 6) is 0.122. The van der Waals surface area contributed by atoms with Crippen LogP contribution in [0.5, 0.6) is 5.75 Å². The smallest absolute Gasteiger partial charge is 0.337 e. The summed E-state index contributed by atoms with van der Waals surface area (Å²) in [7, 11) is 0. The van der Waals surface area contributed by atoms with Crippen LogP contribution in [0.2, 0.25) is 0 Å². The van der Waals surface area contributed by atoms with Crippen molar-refractivity contribution in [1.29, 1.82) is 0 Å². The Morgan fingerprint density at radius 1 is 1.13 bits per heavy atom. The van der Waals surface area contributed by atoms with Gasteiger partial charge in [-0.3, -0.25) is 14.8 Å². The van der Waals surface area contributed by atoms with Gasteiger partial charge in [0.1, 0.15) is 5.75 Å². The van der Waals surface area contributed by atoms with E-state index in [4.69, 9.17) is 4.74 Å². The molecule has 0 aliphatic heterocycles. The van der Waals surface area contributed by atoms with Crippen LogP contribution in [-0.2, 0) is 0 Å². The minimum absolute atomic E-state index is 0.105. The van der Waals surface area contributed by atoms with E-state index in [1.54, 1.807) is 37.4 Å². The first-order valence-corrected chi connectivity index (χ1v) is 9.70. The fourth-order valence-electron chi connectivity index (χ4n) is 2.96. The molecule has 1 amide bonds. The Kier molecular flexibility index (Phi) is 5.43. The third-order valence-electron chi connectivity index (χ3n) is 4.93. The van der Waals surface area contributed by atoms with E-state index < -0.39 is 5.97 Å². The van der Waals surface area contributed by atoms with Crippen LogP contribution in [0, 0.1) is 12.8 Å². The molecular formula is C23H21N3O4. The van der Waals surface area contributed by atoms with Crippen LogP contribution in [0.4, 0.5) is 5.69 Å². The van der Waals surface area contributed by atoms with Crippen LogP contribution in [0.1, 0.15) is 39.3 Å². The van der Waals surface area contributed by atoms with Gasteiger partial charge >= 0.3 is 5.97 Å². The van der Waals surface area contributed by atoms with Crippen molar-refractivity contribution < 1.29 is 19.4 Å². The molecular weight excluding hydrogens is 382 g/mol. The zero-order chi connectivity index (χ0) is 21.1. The first-order chi connectivity index (χ1) is 14.5. The highest BCUT2D eigenvalue weighted by molar-refractivity contribution is 6.04. The molecule has 1 saturated carbocycles. The lowest BCUT2D eigenvalue weighted by atomic mass is 10.1. The number of pyridine rings is 2. The van der Waals surface area contributed by atoms with Gasteiger partial charge in [-0.15, -0.1) is 0 Å². The zero-order valence-electron chi connectivity index (χ0n) is 16.5. The first kappa shape index (κ1) is 19.6. The van der Waals surface area contributed by atoms with E-state index in [0.29, 0.717) is 34.1 Å². The van der Waals surface area contributed by atoms with Crippen molar-refractivity contribution in [3.63, 3.8) is 0 Å². The highest BCUT2D eigenvalue weighted by Gasteiger charge is 2.21. The highest BCUT2D eigenvalue weighted by Crippen LogP contribution is 2.29. The van der Waals surface area contributed by atoms with Gasteiger partial charge in [0, 0.05) is 29.2 Å². The molecule has 0 atom stereocenters. The molecule has 0 spiro atoms. The lowest BCUT2D eigenvalue weighted by Gasteiger charge is -2.09. The number of aryl methyl sites for hydroxylation is 1. The number of carbonyl (C=O) groups is 2.